The molecule has 0 bridgehead atoms. The molecule has 0 amide bonds. The van der Waals surface area contributed by atoms with E-state index in [4.69, 9.17) is 4.74 Å². The first-order chi connectivity index (χ1) is 6.80. The van der Waals surface area contributed by atoms with Gasteiger partial charge in [-0.15, -0.1) is 0 Å². The topological polar surface area (TPSA) is 21.3 Å². The molecule has 0 atom stereocenters. The zero-order valence-electron chi connectivity index (χ0n) is 7.59. The minimum atomic E-state index is -0.189. The Hall–Kier alpha value is -1.35. The number of ether oxygens (including phenoxy) is 1. The van der Waals surface area contributed by atoms with Crippen molar-refractivity contribution in [3.63, 3.8) is 0 Å². The molecule has 72 valence electrons. The van der Waals surface area contributed by atoms with Crippen LogP contribution in [0, 0.1) is 5.82 Å². The zero-order chi connectivity index (χ0) is 9.60. The maximum absolute atomic E-state index is 13.0. The lowest BCUT2D eigenvalue weighted by atomic mass is 9.83. The number of hydrogen-bond donors (Lipinski definition) is 1. The van der Waals surface area contributed by atoms with Gasteiger partial charge in [0.1, 0.15) is 11.4 Å². The third-order valence-electron chi connectivity index (χ3n) is 2.85. The molecule has 1 saturated heterocycles. The predicted octanol–water partition coefficient (Wildman–Crippen LogP) is 1.63. The monoisotopic (exact) mass is 191 g/mol. The van der Waals surface area contributed by atoms with Crippen LogP contribution in [0.3, 0.4) is 0 Å². The number of benzene rings is 1. The third kappa shape index (κ3) is 0.930. The molecule has 2 nitrogen and oxygen atoms in total. The van der Waals surface area contributed by atoms with Crippen LogP contribution in [0.1, 0.15) is 11.1 Å². The summed E-state index contributed by atoms with van der Waals surface area (Å²) < 4.78 is 18.2. The molecule has 0 unspecified atom stereocenters. The number of fused-ring (bicyclic) bond motifs is 2. The van der Waals surface area contributed by atoms with Crippen LogP contribution in [0.2, 0.25) is 0 Å². The summed E-state index contributed by atoms with van der Waals surface area (Å²) in [4.78, 5) is 0. The highest BCUT2D eigenvalue weighted by molar-refractivity contribution is 5.59. The van der Waals surface area contributed by atoms with Gasteiger partial charge in [0.05, 0.1) is 13.2 Å². The van der Waals surface area contributed by atoms with Gasteiger partial charge in [0.15, 0.2) is 0 Å². The Morgan fingerprint density at radius 1 is 1.36 bits per heavy atom. The average Bonchev–Trinajstić information content (AvgIpc) is 2.13. The van der Waals surface area contributed by atoms with Crippen molar-refractivity contribution in [2.75, 3.05) is 13.2 Å². The summed E-state index contributed by atoms with van der Waals surface area (Å²) in [6, 6.07) is 4.90. The summed E-state index contributed by atoms with van der Waals surface area (Å²) in [6.45, 7) is 1.33. The summed E-state index contributed by atoms with van der Waals surface area (Å²) >= 11 is 0. The van der Waals surface area contributed by atoms with E-state index in [1.54, 1.807) is 6.07 Å². The van der Waals surface area contributed by atoms with E-state index >= 15 is 0 Å². The van der Waals surface area contributed by atoms with Gasteiger partial charge in [-0.3, -0.25) is 0 Å². The van der Waals surface area contributed by atoms with Crippen molar-refractivity contribution >= 4 is 6.08 Å². The van der Waals surface area contributed by atoms with Crippen LogP contribution in [-0.4, -0.2) is 13.2 Å². The van der Waals surface area contributed by atoms with Crippen molar-refractivity contribution in [2.45, 2.75) is 5.54 Å². The number of rotatable bonds is 0. The standard InChI is InChI=1S/C11H10FNO/c12-9-1-2-10-8(5-9)3-4-13-11(10)6-14-7-11/h1-5,13H,6-7H2. The van der Waals surface area contributed by atoms with Gasteiger partial charge in [0.25, 0.3) is 0 Å². The maximum Gasteiger partial charge on any atom is 0.123 e. The minimum Gasteiger partial charge on any atom is -0.377 e. The maximum atomic E-state index is 13.0. The highest BCUT2D eigenvalue weighted by Gasteiger charge is 2.42. The Morgan fingerprint density at radius 2 is 2.21 bits per heavy atom. The first-order valence-electron chi connectivity index (χ1n) is 4.62. The van der Waals surface area contributed by atoms with Crippen LogP contribution < -0.4 is 5.32 Å². The van der Waals surface area contributed by atoms with Crippen LogP contribution in [0.15, 0.2) is 24.4 Å². The Bertz CT molecular complexity index is 410. The van der Waals surface area contributed by atoms with Crippen molar-refractivity contribution < 1.29 is 9.13 Å². The van der Waals surface area contributed by atoms with E-state index in [1.807, 2.05) is 18.3 Å². The second-order valence-corrected chi connectivity index (χ2v) is 3.78. The van der Waals surface area contributed by atoms with Gasteiger partial charge in [0, 0.05) is 0 Å². The Labute approximate surface area is 81.4 Å². The fraction of sp³-hybridized carbons (Fsp3) is 0.273. The van der Waals surface area contributed by atoms with Gasteiger partial charge in [-0.2, -0.15) is 0 Å². The Morgan fingerprint density at radius 3 is 2.93 bits per heavy atom. The quantitative estimate of drug-likeness (QED) is 0.673. The summed E-state index contributed by atoms with van der Waals surface area (Å²) in [7, 11) is 0. The van der Waals surface area contributed by atoms with Gasteiger partial charge >= 0.3 is 0 Å². The molecule has 1 spiro atoms. The molecule has 1 N–H and O–H groups in total. The molecule has 0 aliphatic carbocycles. The first-order valence-corrected chi connectivity index (χ1v) is 4.62. The van der Waals surface area contributed by atoms with Crippen LogP contribution in [0.25, 0.3) is 6.08 Å². The van der Waals surface area contributed by atoms with Crippen LogP contribution in [0.5, 0.6) is 0 Å². The highest BCUT2D eigenvalue weighted by Crippen LogP contribution is 2.35. The van der Waals surface area contributed by atoms with Crippen LogP contribution in [-0.2, 0) is 10.3 Å². The van der Waals surface area contributed by atoms with E-state index in [0.29, 0.717) is 13.2 Å². The molecule has 1 aromatic rings. The molecular weight excluding hydrogens is 181 g/mol. The predicted molar refractivity (Wildman–Crippen MR) is 51.1 cm³/mol. The van der Waals surface area contributed by atoms with E-state index in [2.05, 4.69) is 5.32 Å². The van der Waals surface area contributed by atoms with Crippen molar-refractivity contribution in [2.24, 2.45) is 0 Å². The molecule has 0 saturated carbocycles. The fourth-order valence-electron chi connectivity index (χ4n) is 2.02. The zero-order valence-corrected chi connectivity index (χ0v) is 7.59. The van der Waals surface area contributed by atoms with Gasteiger partial charge in [-0.1, -0.05) is 6.07 Å². The molecule has 2 aliphatic rings. The minimum absolute atomic E-state index is 0.0994. The van der Waals surface area contributed by atoms with E-state index in [1.165, 1.54) is 6.07 Å². The smallest absolute Gasteiger partial charge is 0.123 e. The molecule has 14 heavy (non-hydrogen) atoms. The number of hydrogen-bond acceptors (Lipinski definition) is 2. The molecule has 3 rings (SSSR count). The average molecular weight is 191 g/mol. The van der Waals surface area contributed by atoms with Gasteiger partial charge in [-0.25, -0.2) is 4.39 Å². The van der Waals surface area contributed by atoms with E-state index in [0.717, 1.165) is 11.1 Å². The van der Waals surface area contributed by atoms with E-state index in [9.17, 15) is 4.39 Å². The molecule has 2 heterocycles. The van der Waals surface area contributed by atoms with Crippen molar-refractivity contribution in [3.8, 4) is 0 Å². The van der Waals surface area contributed by atoms with Crippen molar-refractivity contribution in [1.82, 2.24) is 5.32 Å². The molecule has 2 aliphatic heterocycles. The third-order valence-corrected chi connectivity index (χ3v) is 2.85. The van der Waals surface area contributed by atoms with Gasteiger partial charge < -0.3 is 10.1 Å². The molecule has 0 aromatic heterocycles. The number of halogens is 1. The number of nitrogens with one attached hydrogen (secondary N) is 1. The molecule has 1 aromatic carbocycles. The lowest BCUT2D eigenvalue weighted by Gasteiger charge is -2.44. The molecular formula is C11H10FNO. The molecule has 3 heteroatoms. The Balaban J connectivity index is 2.16. The molecule has 1 fully saturated rings. The lowest BCUT2D eigenvalue weighted by molar-refractivity contribution is -0.0724. The normalized spacial score (nSPS) is 21.2. The summed E-state index contributed by atoms with van der Waals surface area (Å²) in [5.41, 5.74) is 1.98. The summed E-state index contributed by atoms with van der Waals surface area (Å²) in [5, 5.41) is 3.28. The van der Waals surface area contributed by atoms with Gasteiger partial charge in [-0.05, 0) is 35.5 Å². The van der Waals surface area contributed by atoms with E-state index < -0.39 is 0 Å². The highest BCUT2D eigenvalue weighted by atomic mass is 19.1. The largest absolute Gasteiger partial charge is 0.377 e. The second kappa shape index (κ2) is 2.58. The SMILES string of the molecule is Fc1ccc2c(c1)C=CNC21COC1. The fourth-order valence-corrected chi connectivity index (χ4v) is 2.02. The van der Waals surface area contributed by atoms with Crippen molar-refractivity contribution in [3.05, 3.63) is 41.3 Å². The summed E-state index contributed by atoms with van der Waals surface area (Å²) in [5.74, 6) is -0.189. The second-order valence-electron chi connectivity index (χ2n) is 3.78. The summed E-state index contributed by atoms with van der Waals surface area (Å²) in [6.07, 6.45) is 3.76. The van der Waals surface area contributed by atoms with Crippen LogP contribution >= 0.6 is 0 Å². The van der Waals surface area contributed by atoms with E-state index in [-0.39, 0.29) is 11.4 Å². The lowest BCUT2D eigenvalue weighted by Crippen LogP contribution is -2.56. The van der Waals surface area contributed by atoms with Gasteiger partial charge in [0.2, 0.25) is 0 Å². The van der Waals surface area contributed by atoms with Crippen molar-refractivity contribution in [1.29, 1.82) is 0 Å². The first kappa shape index (κ1) is 8.00. The Kier molecular flexibility index (Phi) is 1.47. The molecule has 0 radical (unpaired) electrons. The van der Waals surface area contributed by atoms with Crippen LogP contribution in [0.4, 0.5) is 4.39 Å².